The Morgan fingerprint density at radius 1 is 1.38 bits per heavy atom. The van der Waals surface area contributed by atoms with Gasteiger partial charge in [-0.25, -0.2) is 4.39 Å². The van der Waals surface area contributed by atoms with Gasteiger partial charge in [0.05, 0.1) is 11.9 Å². The fraction of sp³-hybridized carbons (Fsp3) is 0.300. The second kappa shape index (κ2) is 4.36. The Labute approximate surface area is 91.6 Å². The molecule has 16 heavy (non-hydrogen) atoms. The summed E-state index contributed by atoms with van der Waals surface area (Å²) in [6.45, 7) is -0.813. The van der Waals surface area contributed by atoms with Crippen molar-refractivity contribution in [3.05, 3.63) is 30.1 Å². The first-order valence-electron chi connectivity index (χ1n) is 4.77. The summed E-state index contributed by atoms with van der Waals surface area (Å²) in [5.74, 6) is 0. The van der Waals surface area contributed by atoms with Gasteiger partial charge >= 0.3 is 0 Å². The van der Waals surface area contributed by atoms with Crippen LogP contribution in [0.5, 0.6) is 0 Å². The first kappa shape index (κ1) is 10.7. The molecule has 1 atom stereocenters. The quantitative estimate of drug-likeness (QED) is 0.837. The summed E-state index contributed by atoms with van der Waals surface area (Å²) in [6.07, 6.45) is 1.92. The van der Waals surface area contributed by atoms with Crippen molar-refractivity contribution in [2.75, 3.05) is 6.67 Å². The minimum Gasteiger partial charge on any atom is -0.386 e. The molecule has 2 heterocycles. The lowest BCUT2D eigenvalue weighted by atomic mass is 10.1. The minimum absolute atomic E-state index is 0.454. The van der Waals surface area contributed by atoms with Gasteiger partial charge in [-0.3, -0.25) is 4.98 Å². The smallest absolute Gasteiger partial charge is 0.131 e. The zero-order valence-electron chi connectivity index (χ0n) is 8.71. The summed E-state index contributed by atoms with van der Waals surface area (Å²) in [4.78, 5) is 5.52. The molecule has 5 nitrogen and oxygen atoms in total. The normalized spacial score (nSPS) is 12.7. The third kappa shape index (κ3) is 2.06. The molecule has 0 aliphatic carbocycles. The van der Waals surface area contributed by atoms with Gasteiger partial charge in [0, 0.05) is 18.8 Å². The summed E-state index contributed by atoms with van der Waals surface area (Å²) in [5.41, 5.74) is 1.74. The molecule has 0 saturated heterocycles. The number of aryl methyl sites for hydroxylation is 1. The van der Waals surface area contributed by atoms with Crippen LogP contribution in [0.3, 0.4) is 0 Å². The fourth-order valence-electron chi connectivity index (χ4n) is 1.31. The average molecular weight is 222 g/mol. The number of rotatable bonds is 3. The molecule has 2 aromatic heterocycles. The largest absolute Gasteiger partial charge is 0.386 e. The van der Waals surface area contributed by atoms with Crippen molar-refractivity contribution < 1.29 is 9.50 Å². The Hall–Kier alpha value is -1.82. The zero-order chi connectivity index (χ0) is 11.5. The number of aliphatic hydroxyl groups excluding tert-OH is 1. The van der Waals surface area contributed by atoms with Crippen LogP contribution >= 0.6 is 0 Å². The molecule has 0 amide bonds. The highest BCUT2D eigenvalue weighted by Crippen LogP contribution is 2.17. The number of pyridine rings is 1. The van der Waals surface area contributed by atoms with Crippen molar-refractivity contribution in [2.45, 2.75) is 6.10 Å². The van der Waals surface area contributed by atoms with Gasteiger partial charge in [0.2, 0.25) is 0 Å². The van der Waals surface area contributed by atoms with Gasteiger partial charge in [0.15, 0.2) is 0 Å². The molecular weight excluding hydrogens is 211 g/mol. The second-order valence-corrected chi connectivity index (χ2v) is 3.37. The van der Waals surface area contributed by atoms with Crippen LogP contribution in [0.25, 0.3) is 11.4 Å². The van der Waals surface area contributed by atoms with Crippen LogP contribution in [0.4, 0.5) is 4.39 Å². The fourth-order valence-corrected chi connectivity index (χ4v) is 1.31. The van der Waals surface area contributed by atoms with Crippen molar-refractivity contribution in [1.29, 1.82) is 0 Å². The SMILES string of the molecule is Cn1ncc(-c2ccc(C(O)CF)cn2)n1. The maximum atomic E-state index is 12.2. The van der Waals surface area contributed by atoms with Gasteiger partial charge in [0.1, 0.15) is 18.5 Å². The van der Waals surface area contributed by atoms with E-state index >= 15 is 0 Å². The topological polar surface area (TPSA) is 63.8 Å². The number of nitrogens with zero attached hydrogens (tertiary/aromatic N) is 4. The van der Waals surface area contributed by atoms with Gasteiger partial charge < -0.3 is 5.11 Å². The van der Waals surface area contributed by atoms with Crippen molar-refractivity contribution >= 4 is 0 Å². The molecule has 1 unspecified atom stereocenters. The third-order valence-electron chi connectivity index (χ3n) is 2.18. The van der Waals surface area contributed by atoms with E-state index in [9.17, 15) is 9.50 Å². The number of alkyl halides is 1. The molecule has 0 bridgehead atoms. The van der Waals surface area contributed by atoms with Gasteiger partial charge in [-0.2, -0.15) is 15.0 Å². The molecule has 2 aromatic rings. The molecule has 0 aliphatic rings. The maximum absolute atomic E-state index is 12.2. The molecule has 6 heteroatoms. The van der Waals surface area contributed by atoms with Gasteiger partial charge in [-0.15, -0.1) is 0 Å². The van der Waals surface area contributed by atoms with Crippen molar-refractivity contribution in [3.8, 4) is 11.4 Å². The van der Waals surface area contributed by atoms with Gasteiger partial charge in [0.25, 0.3) is 0 Å². The number of aromatic nitrogens is 4. The Morgan fingerprint density at radius 2 is 2.19 bits per heavy atom. The zero-order valence-corrected chi connectivity index (χ0v) is 8.71. The van der Waals surface area contributed by atoms with E-state index in [1.807, 2.05) is 0 Å². The molecular formula is C10H11FN4O. The van der Waals surface area contributed by atoms with E-state index in [0.717, 1.165) is 0 Å². The molecule has 0 aliphatic heterocycles. The molecule has 0 saturated carbocycles. The van der Waals surface area contributed by atoms with Gasteiger partial charge in [-0.05, 0) is 6.07 Å². The molecule has 1 N–H and O–H groups in total. The van der Waals surface area contributed by atoms with Crippen LogP contribution in [-0.2, 0) is 7.05 Å². The van der Waals surface area contributed by atoms with Crippen LogP contribution in [0.2, 0.25) is 0 Å². The summed E-state index contributed by atoms with van der Waals surface area (Å²) in [7, 11) is 1.71. The Kier molecular flexibility index (Phi) is 2.91. The number of hydrogen-bond acceptors (Lipinski definition) is 4. The average Bonchev–Trinajstić information content (AvgIpc) is 2.75. The van der Waals surface area contributed by atoms with Crippen molar-refractivity contribution in [2.24, 2.45) is 7.05 Å². The van der Waals surface area contributed by atoms with E-state index in [-0.39, 0.29) is 0 Å². The lowest BCUT2D eigenvalue weighted by Crippen LogP contribution is -2.00. The molecule has 0 radical (unpaired) electrons. The van der Waals surface area contributed by atoms with Crippen LogP contribution in [0.1, 0.15) is 11.7 Å². The molecule has 2 rings (SSSR count). The predicted molar refractivity (Wildman–Crippen MR) is 55.2 cm³/mol. The Morgan fingerprint density at radius 3 is 2.69 bits per heavy atom. The van der Waals surface area contributed by atoms with Crippen LogP contribution in [-0.4, -0.2) is 31.8 Å². The third-order valence-corrected chi connectivity index (χ3v) is 2.18. The predicted octanol–water partition coefficient (Wildman–Crippen LogP) is 0.880. The van der Waals surface area contributed by atoms with Crippen LogP contribution < -0.4 is 0 Å². The number of hydrogen-bond donors (Lipinski definition) is 1. The second-order valence-electron chi connectivity index (χ2n) is 3.37. The molecule has 84 valence electrons. The van der Waals surface area contributed by atoms with E-state index in [0.29, 0.717) is 17.0 Å². The van der Waals surface area contributed by atoms with Crippen molar-refractivity contribution in [1.82, 2.24) is 20.0 Å². The van der Waals surface area contributed by atoms with E-state index in [4.69, 9.17) is 0 Å². The van der Waals surface area contributed by atoms with Gasteiger partial charge in [-0.1, -0.05) is 6.07 Å². The molecule has 0 aromatic carbocycles. The van der Waals surface area contributed by atoms with E-state index in [1.54, 1.807) is 25.4 Å². The highest BCUT2D eigenvalue weighted by molar-refractivity contribution is 5.52. The molecule has 0 spiro atoms. The summed E-state index contributed by atoms with van der Waals surface area (Å²) in [5, 5.41) is 17.3. The van der Waals surface area contributed by atoms with E-state index < -0.39 is 12.8 Å². The van der Waals surface area contributed by atoms with Crippen molar-refractivity contribution in [3.63, 3.8) is 0 Å². The Bertz CT molecular complexity index is 468. The maximum Gasteiger partial charge on any atom is 0.131 e. The number of aliphatic hydroxyl groups is 1. The molecule has 0 fully saturated rings. The summed E-state index contributed by atoms with van der Waals surface area (Å²) in [6, 6.07) is 3.31. The summed E-state index contributed by atoms with van der Waals surface area (Å²) >= 11 is 0. The van der Waals surface area contributed by atoms with Crippen LogP contribution in [0.15, 0.2) is 24.5 Å². The first-order chi connectivity index (χ1) is 7.70. The highest BCUT2D eigenvalue weighted by atomic mass is 19.1. The lowest BCUT2D eigenvalue weighted by molar-refractivity contribution is 0.141. The standard InChI is InChI=1S/C10H11FN4O/c1-15-13-6-9(14-15)8-3-2-7(5-12-8)10(16)4-11/h2-3,5-6,10,16H,4H2,1H3. The van der Waals surface area contributed by atoms with E-state index in [2.05, 4.69) is 15.2 Å². The monoisotopic (exact) mass is 222 g/mol. The first-order valence-corrected chi connectivity index (χ1v) is 4.77. The Balaban J connectivity index is 2.25. The minimum atomic E-state index is -1.11. The highest BCUT2D eigenvalue weighted by Gasteiger charge is 2.08. The van der Waals surface area contributed by atoms with Crippen LogP contribution in [0, 0.1) is 0 Å². The summed E-state index contributed by atoms with van der Waals surface area (Å²) < 4.78 is 12.2. The van der Waals surface area contributed by atoms with E-state index in [1.165, 1.54) is 11.0 Å². The lowest BCUT2D eigenvalue weighted by Gasteiger charge is -2.05. The number of halogens is 1.